The quantitative estimate of drug-likeness (QED) is 0.386. The van der Waals surface area contributed by atoms with Crippen LogP contribution in [-0.4, -0.2) is 0 Å². The first-order valence-electron chi connectivity index (χ1n) is 0. The zero-order chi connectivity index (χ0) is 0. The summed E-state index contributed by atoms with van der Waals surface area (Å²) in [5.41, 5.74) is 0. The second kappa shape index (κ2) is 70.2. The van der Waals surface area contributed by atoms with E-state index in [2.05, 4.69) is 0 Å². The molecule has 0 aromatic rings. The fraction of sp³-hybridized carbons (Fsp3) is 0. The molecule has 0 aliphatic heterocycles. The molecule has 0 aliphatic rings. The van der Waals surface area contributed by atoms with Crippen molar-refractivity contribution >= 4 is 62.0 Å². The minimum atomic E-state index is 0. The van der Waals surface area contributed by atoms with E-state index in [0.717, 1.165) is 0 Å². The smallest absolute Gasteiger partial charge is 1.00 e. The molecule has 0 aliphatic carbocycles. The van der Waals surface area contributed by atoms with Crippen molar-refractivity contribution in [3.05, 3.63) is 0 Å². The van der Waals surface area contributed by atoms with E-state index in [4.69, 9.17) is 0 Å². The summed E-state index contributed by atoms with van der Waals surface area (Å²) in [5, 5.41) is 0. The van der Waals surface area contributed by atoms with Crippen LogP contribution >= 0.6 is 62.0 Å². The average molecular weight is 278 g/mol. The first-order valence-corrected chi connectivity index (χ1v) is 0. The van der Waals surface area contributed by atoms with Gasteiger partial charge < -0.3 is 5.71 Å². The zero-order valence-electron chi connectivity index (χ0n) is 10.0. The predicted octanol–water partition coefficient (Wildman–Crippen LogP) is -9.42. The zero-order valence-corrected chi connectivity index (χ0v) is 18.1. The Labute approximate surface area is 182 Å². The van der Waals surface area contributed by atoms with Crippen molar-refractivity contribution in [2.24, 2.45) is 0 Å². The number of rotatable bonds is 0. The van der Waals surface area contributed by atoms with Gasteiger partial charge in [-0.3, -0.25) is 0 Å². The van der Waals surface area contributed by atoms with E-state index in [1.54, 1.807) is 0 Å². The molecule has 9 heavy (non-hydrogen) atoms. The molecule has 0 unspecified atom stereocenters. The summed E-state index contributed by atoms with van der Waals surface area (Å²) in [4.78, 5) is 0. The van der Waals surface area contributed by atoms with Crippen molar-refractivity contribution in [3.8, 4) is 0 Å². The first-order chi connectivity index (χ1) is 0. The second-order valence-electron chi connectivity index (χ2n) is 0. The van der Waals surface area contributed by atoms with Crippen molar-refractivity contribution in [1.82, 2.24) is 0 Å². The van der Waals surface area contributed by atoms with Gasteiger partial charge in [0, 0.05) is 0 Å². The standard InChI is InChI=1S/5ClH.4Na.4H/h5*1H;;;;;;;;/q;;;;;4*+1;4*-1. The van der Waals surface area contributed by atoms with Gasteiger partial charge in [-0.25, -0.2) is 0 Å². The van der Waals surface area contributed by atoms with Gasteiger partial charge in [0.15, 0.2) is 0 Å². The largest absolute Gasteiger partial charge is 1.00 e. The van der Waals surface area contributed by atoms with Gasteiger partial charge in [-0.15, -0.1) is 62.0 Å². The SMILES string of the molecule is Cl.Cl.Cl.Cl.Cl.[H-].[H-].[H-].[H-].[Na+].[Na+].[Na+].[Na+]. The van der Waals surface area contributed by atoms with Crippen LogP contribution in [0, 0.1) is 0 Å². The molecular weight excluding hydrogens is 269 g/mol. The van der Waals surface area contributed by atoms with Gasteiger partial charge in [-0.2, -0.15) is 0 Å². The van der Waals surface area contributed by atoms with Gasteiger partial charge in [0.1, 0.15) is 0 Å². The van der Waals surface area contributed by atoms with Crippen molar-refractivity contribution in [3.63, 3.8) is 0 Å². The third-order valence-electron chi connectivity index (χ3n) is 0. The van der Waals surface area contributed by atoms with Crippen molar-refractivity contribution in [1.29, 1.82) is 0 Å². The fourth-order valence-corrected chi connectivity index (χ4v) is 0. The summed E-state index contributed by atoms with van der Waals surface area (Å²) in [6, 6.07) is 0. The molecule has 0 N–H and O–H groups in total. The summed E-state index contributed by atoms with van der Waals surface area (Å²) in [7, 11) is 0. The van der Waals surface area contributed by atoms with Gasteiger partial charge in [-0.05, 0) is 0 Å². The molecule has 0 aromatic carbocycles. The van der Waals surface area contributed by atoms with Crippen LogP contribution in [0.2, 0.25) is 0 Å². The molecule has 0 nitrogen and oxygen atoms in total. The van der Waals surface area contributed by atoms with Crippen molar-refractivity contribution in [2.75, 3.05) is 0 Å². The van der Waals surface area contributed by atoms with Crippen molar-refractivity contribution < 1.29 is 124 Å². The van der Waals surface area contributed by atoms with Gasteiger partial charge in [0.2, 0.25) is 0 Å². The monoisotopic (exact) mass is 276 g/mol. The minimum Gasteiger partial charge on any atom is -1.00 e. The molecule has 0 amide bonds. The van der Waals surface area contributed by atoms with Crippen LogP contribution in [0.15, 0.2) is 0 Å². The number of hydrogen-bond acceptors (Lipinski definition) is 0. The molecule has 0 heterocycles. The Morgan fingerprint density at radius 3 is 0.333 bits per heavy atom. The third-order valence-corrected chi connectivity index (χ3v) is 0. The van der Waals surface area contributed by atoms with Crippen molar-refractivity contribution in [2.45, 2.75) is 0 Å². The van der Waals surface area contributed by atoms with Gasteiger partial charge in [-0.1, -0.05) is 0 Å². The van der Waals surface area contributed by atoms with Crippen LogP contribution in [0.4, 0.5) is 0 Å². The minimum absolute atomic E-state index is 0. The van der Waals surface area contributed by atoms with Crippen LogP contribution in [0.25, 0.3) is 0 Å². The van der Waals surface area contributed by atoms with E-state index in [9.17, 15) is 0 Å². The molecule has 0 bridgehead atoms. The molecule has 0 saturated carbocycles. The Morgan fingerprint density at radius 1 is 0.333 bits per heavy atom. The molecule has 0 saturated heterocycles. The van der Waals surface area contributed by atoms with Gasteiger partial charge >= 0.3 is 118 Å². The van der Waals surface area contributed by atoms with Crippen LogP contribution in [0.1, 0.15) is 5.71 Å². The maximum absolute atomic E-state index is 0. The number of hydrogen-bond donors (Lipinski definition) is 0. The Kier molecular flexibility index (Phi) is 686. The molecule has 0 spiro atoms. The molecule has 0 aromatic heterocycles. The molecule has 0 rings (SSSR count). The van der Waals surface area contributed by atoms with E-state index in [1.807, 2.05) is 0 Å². The maximum atomic E-state index is 0. The summed E-state index contributed by atoms with van der Waals surface area (Å²) >= 11 is 0. The van der Waals surface area contributed by atoms with E-state index in [-0.39, 0.29) is 186 Å². The maximum Gasteiger partial charge on any atom is 1.00 e. The van der Waals surface area contributed by atoms with Crippen LogP contribution < -0.4 is 118 Å². The van der Waals surface area contributed by atoms with E-state index >= 15 is 0 Å². The Morgan fingerprint density at radius 2 is 0.333 bits per heavy atom. The first kappa shape index (κ1) is 88.0. The van der Waals surface area contributed by atoms with E-state index in [0.29, 0.717) is 0 Å². The fourth-order valence-electron chi connectivity index (χ4n) is 0. The summed E-state index contributed by atoms with van der Waals surface area (Å²) < 4.78 is 0. The third kappa shape index (κ3) is 59.4. The van der Waals surface area contributed by atoms with E-state index < -0.39 is 0 Å². The Bertz CT molecular complexity index is 20.5. The Hall–Kier alpha value is 5.45. The predicted molar refractivity (Wildman–Crippen MR) is 40.7 cm³/mol. The normalized spacial score (nSPS) is 0. The number of halogens is 5. The molecular formula is H9Cl5Na4. The summed E-state index contributed by atoms with van der Waals surface area (Å²) in [5.74, 6) is 0. The molecule has 9 heteroatoms. The Balaban J connectivity index is 0. The molecule has 0 fully saturated rings. The van der Waals surface area contributed by atoms with Crippen LogP contribution in [-0.2, 0) is 0 Å². The van der Waals surface area contributed by atoms with Gasteiger partial charge in [0.25, 0.3) is 0 Å². The second-order valence-corrected chi connectivity index (χ2v) is 0. The molecule has 0 radical (unpaired) electrons. The molecule has 48 valence electrons. The summed E-state index contributed by atoms with van der Waals surface area (Å²) in [6.45, 7) is 0. The van der Waals surface area contributed by atoms with Crippen LogP contribution in [0.5, 0.6) is 0 Å². The summed E-state index contributed by atoms with van der Waals surface area (Å²) in [6.07, 6.45) is 0. The van der Waals surface area contributed by atoms with Crippen LogP contribution in [0.3, 0.4) is 0 Å². The van der Waals surface area contributed by atoms with E-state index in [1.165, 1.54) is 0 Å². The average Bonchev–Trinajstić information content (AvgIpc) is 0. The topological polar surface area (TPSA) is 0 Å². The molecule has 0 atom stereocenters. The van der Waals surface area contributed by atoms with Gasteiger partial charge in [0.05, 0.1) is 0 Å².